The van der Waals surface area contributed by atoms with E-state index in [1.165, 1.54) is 33.4 Å². The Kier molecular flexibility index (Phi) is 10.0. The number of hydrogen-bond acceptors (Lipinski definition) is 1. The molecular weight excluding hydrogens is 542 g/mol. The van der Waals surface area contributed by atoms with Gasteiger partial charge in [0.15, 0.2) is 0 Å². The summed E-state index contributed by atoms with van der Waals surface area (Å²) in [6.45, 7) is 18.0. The largest absolute Gasteiger partial charge is 0.310 e. The molecule has 4 aromatic rings. The van der Waals surface area contributed by atoms with Gasteiger partial charge >= 0.3 is 0 Å². The van der Waals surface area contributed by atoms with Gasteiger partial charge in [-0.3, -0.25) is 0 Å². The Morgan fingerprint density at radius 1 is 0.756 bits per heavy atom. The third-order valence-corrected chi connectivity index (χ3v) is 9.11. The van der Waals surface area contributed by atoms with Gasteiger partial charge in [-0.25, -0.2) is 0 Å². The molecule has 4 aromatic carbocycles. The highest BCUT2D eigenvalue weighted by Crippen LogP contribution is 2.55. The van der Waals surface area contributed by atoms with Crippen molar-refractivity contribution in [2.24, 2.45) is 5.41 Å². The molecule has 1 heterocycles. The average molecular weight is 588 g/mol. The van der Waals surface area contributed by atoms with Crippen molar-refractivity contribution in [3.63, 3.8) is 0 Å². The molecule has 1 aliphatic heterocycles. The summed E-state index contributed by atoms with van der Waals surface area (Å²) in [6, 6.07) is 40.7. The van der Waals surface area contributed by atoms with Crippen LogP contribution in [0.3, 0.4) is 0 Å². The van der Waals surface area contributed by atoms with Crippen molar-refractivity contribution in [2.45, 2.75) is 47.0 Å². The van der Waals surface area contributed by atoms with Crippen LogP contribution >= 0.6 is 0 Å². The lowest BCUT2D eigenvalue weighted by molar-refractivity contribution is 0.376. The van der Waals surface area contributed by atoms with Crippen molar-refractivity contribution in [2.75, 3.05) is 4.90 Å². The lowest BCUT2D eigenvalue weighted by atomic mass is 9.64. The molecule has 0 aromatic heterocycles. The molecule has 5 rings (SSSR count). The summed E-state index contributed by atoms with van der Waals surface area (Å²) in [5, 5.41) is 0. The highest BCUT2D eigenvalue weighted by atomic mass is 15.2. The summed E-state index contributed by atoms with van der Waals surface area (Å²) in [7, 11) is 0. The van der Waals surface area contributed by atoms with Gasteiger partial charge in [-0.2, -0.15) is 0 Å². The number of benzene rings is 4. The molecule has 0 bridgehead atoms. The summed E-state index contributed by atoms with van der Waals surface area (Å²) in [5.74, 6) is 0. The van der Waals surface area contributed by atoms with Gasteiger partial charge in [-0.1, -0.05) is 149 Å². The zero-order chi connectivity index (χ0) is 31.8. The van der Waals surface area contributed by atoms with E-state index < -0.39 is 0 Å². The normalized spacial score (nSPS) is 18.8. The van der Waals surface area contributed by atoms with Crippen molar-refractivity contribution < 1.29 is 0 Å². The van der Waals surface area contributed by atoms with Crippen LogP contribution in [0.25, 0.3) is 22.3 Å². The van der Waals surface area contributed by atoms with Crippen LogP contribution in [0.4, 0.5) is 5.69 Å². The van der Waals surface area contributed by atoms with E-state index in [1.807, 2.05) is 0 Å². The molecule has 1 atom stereocenters. The van der Waals surface area contributed by atoms with Crippen LogP contribution in [0.5, 0.6) is 0 Å². The van der Waals surface area contributed by atoms with Crippen molar-refractivity contribution in [1.82, 2.24) is 0 Å². The Morgan fingerprint density at radius 2 is 1.31 bits per heavy atom. The standard InChI is InChI=1S/C44H45N/c1-7-30-44(10-4)40(8-2)42(31-33(5)35-20-14-11-15-21-35)45(39-28-26-38(27-29-39)37-24-18-13-19-25-37)43(41(44)9-3)32-34(6)36-22-16-12-17-23-36/h8-9,11-29,31-32H,2,6-7,10,30H2,1,3-5H3/b33-31+,41-9+,43-32+. The molecule has 45 heavy (non-hydrogen) atoms. The van der Waals surface area contributed by atoms with E-state index in [-0.39, 0.29) is 5.41 Å². The van der Waals surface area contributed by atoms with E-state index in [2.05, 4.69) is 185 Å². The second-order valence-electron chi connectivity index (χ2n) is 11.8. The minimum absolute atomic E-state index is 0.183. The Hall–Kier alpha value is -4.88. The van der Waals surface area contributed by atoms with Crippen LogP contribution in [-0.2, 0) is 0 Å². The monoisotopic (exact) mass is 587 g/mol. The van der Waals surface area contributed by atoms with E-state index in [9.17, 15) is 0 Å². The highest BCUT2D eigenvalue weighted by Gasteiger charge is 2.44. The van der Waals surface area contributed by atoms with Gasteiger partial charge in [-0.15, -0.1) is 0 Å². The maximum Gasteiger partial charge on any atom is 0.0505 e. The summed E-state index contributed by atoms with van der Waals surface area (Å²) in [4.78, 5) is 2.44. The third-order valence-electron chi connectivity index (χ3n) is 9.11. The molecule has 0 radical (unpaired) electrons. The molecule has 0 fully saturated rings. The molecule has 0 N–H and O–H groups in total. The van der Waals surface area contributed by atoms with E-state index >= 15 is 0 Å². The predicted octanol–water partition coefficient (Wildman–Crippen LogP) is 12.5. The fourth-order valence-electron chi connectivity index (χ4n) is 6.87. The number of anilines is 1. The van der Waals surface area contributed by atoms with Crippen molar-refractivity contribution in [3.8, 4) is 11.1 Å². The van der Waals surface area contributed by atoms with Crippen LogP contribution in [0, 0.1) is 5.41 Å². The van der Waals surface area contributed by atoms with Crippen LogP contribution in [-0.4, -0.2) is 0 Å². The summed E-state index contributed by atoms with van der Waals surface area (Å²) in [5.41, 5.74) is 12.8. The first-order valence-corrected chi connectivity index (χ1v) is 16.2. The lowest BCUT2D eigenvalue weighted by Crippen LogP contribution is -2.39. The minimum Gasteiger partial charge on any atom is -0.310 e. The second kappa shape index (κ2) is 14.3. The summed E-state index contributed by atoms with van der Waals surface area (Å²) >= 11 is 0. The van der Waals surface area contributed by atoms with Gasteiger partial charge < -0.3 is 4.90 Å². The fourth-order valence-corrected chi connectivity index (χ4v) is 6.87. The second-order valence-corrected chi connectivity index (χ2v) is 11.8. The molecular formula is C44H45N. The topological polar surface area (TPSA) is 3.24 Å². The van der Waals surface area contributed by atoms with Crippen molar-refractivity contribution >= 4 is 16.8 Å². The summed E-state index contributed by atoms with van der Waals surface area (Å²) < 4.78 is 0. The average Bonchev–Trinajstić information content (AvgIpc) is 3.09. The Bertz CT molecular complexity index is 1750. The molecule has 1 aliphatic rings. The SMILES string of the molecule is C=CC1=C(/C=C(\C)c2ccccc2)N(c2ccc(-c3ccccc3)cc2)C(=C/C(=C)c2ccccc2)/C(=C\C)C1(CC)CCC. The van der Waals surface area contributed by atoms with Crippen molar-refractivity contribution in [3.05, 3.63) is 186 Å². The van der Waals surface area contributed by atoms with Crippen LogP contribution in [0.15, 0.2) is 175 Å². The molecule has 1 nitrogen and oxygen atoms in total. The van der Waals surface area contributed by atoms with E-state index in [0.717, 1.165) is 47.5 Å². The van der Waals surface area contributed by atoms with Gasteiger partial charge in [0.2, 0.25) is 0 Å². The minimum atomic E-state index is -0.183. The zero-order valence-corrected chi connectivity index (χ0v) is 27.3. The Morgan fingerprint density at radius 3 is 1.84 bits per heavy atom. The quantitative estimate of drug-likeness (QED) is 0.178. The Labute approximate surface area is 271 Å². The van der Waals surface area contributed by atoms with Gasteiger partial charge in [0, 0.05) is 11.1 Å². The third kappa shape index (κ3) is 6.35. The van der Waals surface area contributed by atoms with Crippen molar-refractivity contribution in [1.29, 1.82) is 0 Å². The van der Waals surface area contributed by atoms with Gasteiger partial charge in [0.25, 0.3) is 0 Å². The first-order valence-electron chi connectivity index (χ1n) is 16.2. The molecule has 226 valence electrons. The molecule has 0 amide bonds. The predicted molar refractivity (Wildman–Crippen MR) is 197 cm³/mol. The Balaban J connectivity index is 1.82. The lowest BCUT2D eigenvalue weighted by Gasteiger charge is -2.48. The number of hydrogen-bond donors (Lipinski definition) is 0. The van der Waals surface area contributed by atoms with Gasteiger partial charge in [-0.05, 0) is 95.5 Å². The first kappa shape index (κ1) is 31.5. The number of nitrogens with zero attached hydrogens (tertiary/aromatic N) is 1. The molecule has 0 saturated heterocycles. The van der Waals surface area contributed by atoms with E-state index in [4.69, 9.17) is 0 Å². The number of allylic oxidation sites excluding steroid dienone is 8. The zero-order valence-electron chi connectivity index (χ0n) is 27.3. The molecule has 1 unspecified atom stereocenters. The fraction of sp³-hybridized carbons (Fsp3) is 0.182. The van der Waals surface area contributed by atoms with E-state index in [0.29, 0.717) is 0 Å². The van der Waals surface area contributed by atoms with Gasteiger partial charge in [0.1, 0.15) is 0 Å². The maximum absolute atomic E-state index is 4.58. The maximum atomic E-state index is 4.58. The van der Waals surface area contributed by atoms with Crippen LogP contribution in [0.2, 0.25) is 0 Å². The molecule has 1 heteroatoms. The van der Waals surface area contributed by atoms with E-state index in [1.54, 1.807) is 0 Å². The molecule has 0 aliphatic carbocycles. The summed E-state index contributed by atoms with van der Waals surface area (Å²) in [6.07, 6.45) is 12.2. The van der Waals surface area contributed by atoms with Crippen LogP contribution < -0.4 is 4.90 Å². The van der Waals surface area contributed by atoms with Gasteiger partial charge in [0.05, 0.1) is 11.4 Å². The molecule has 0 spiro atoms. The smallest absolute Gasteiger partial charge is 0.0505 e. The first-order chi connectivity index (χ1) is 22.0. The number of rotatable bonds is 10. The van der Waals surface area contributed by atoms with Crippen LogP contribution in [0.1, 0.15) is 58.1 Å². The molecule has 0 saturated carbocycles. The highest BCUT2D eigenvalue weighted by molar-refractivity contribution is 5.82.